The first-order chi connectivity index (χ1) is 9.56. The van der Waals surface area contributed by atoms with Crippen LogP contribution in [-0.4, -0.2) is 30.4 Å². The summed E-state index contributed by atoms with van der Waals surface area (Å²) in [7, 11) is 0. The van der Waals surface area contributed by atoms with Crippen LogP contribution >= 0.6 is 0 Å². The van der Waals surface area contributed by atoms with Crippen molar-refractivity contribution in [3.63, 3.8) is 0 Å². The molecular weight excluding hydrogens is 265 g/mol. The number of halogens is 1. The topological polar surface area (TPSA) is 87.3 Å². The van der Waals surface area contributed by atoms with Crippen molar-refractivity contribution in [1.29, 1.82) is 0 Å². The summed E-state index contributed by atoms with van der Waals surface area (Å²) < 4.78 is 13.3. The molecule has 1 aromatic rings. The molecule has 0 bridgehead atoms. The third kappa shape index (κ3) is 3.53. The van der Waals surface area contributed by atoms with Crippen molar-refractivity contribution < 1.29 is 18.8 Å². The molecule has 0 radical (unpaired) electrons. The Morgan fingerprint density at radius 3 is 2.70 bits per heavy atom. The van der Waals surface area contributed by atoms with E-state index in [0.29, 0.717) is 12.0 Å². The number of hydrogen-bond donors (Lipinski definition) is 3. The van der Waals surface area contributed by atoms with Crippen LogP contribution < -0.4 is 16.0 Å². The van der Waals surface area contributed by atoms with E-state index in [2.05, 4.69) is 10.6 Å². The van der Waals surface area contributed by atoms with E-state index in [0.717, 1.165) is 0 Å². The maximum Gasteiger partial charge on any atom is 0.322 e. The molecule has 1 heterocycles. The zero-order chi connectivity index (χ0) is 14.5. The number of carbonyl (C=O) groups excluding carboxylic acids is 3. The molecule has 0 aromatic heterocycles. The third-order valence-corrected chi connectivity index (χ3v) is 2.92. The maximum absolute atomic E-state index is 13.3. The molecule has 1 saturated heterocycles. The van der Waals surface area contributed by atoms with Gasteiger partial charge in [0.1, 0.15) is 11.9 Å². The largest absolute Gasteiger partial charge is 0.356 e. The third-order valence-electron chi connectivity index (χ3n) is 2.92. The second kappa shape index (κ2) is 6.14. The van der Waals surface area contributed by atoms with Gasteiger partial charge in [-0.2, -0.15) is 0 Å². The lowest BCUT2D eigenvalue weighted by Gasteiger charge is -2.08. The Kier molecular flexibility index (Phi) is 4.29. The summed E-state index contributed by atoms with van der Waals surface area (Å²) in [6.45, 7) is 0.266. The smallest absolute Gasteiger partial charge is 0.322 e. The Hall–Kier alpha value is -2.44. The second-order valence-corrected chi connectivity index (χ2v) is 4.41. The van der Waals surface area contributed by atoms with Crippen LogP contribution in [-0.2, 0) is 16.0 Å². The van der Waals surface area contributed by atoms with Crippen LogP contribution in [0.25, 0.3) is 0 Å². The van der Waals surface area contributed by atoms with E-state index in [4.69, 9.17) is 0 Å². The Morgan fingerprint density at radius 1 is 1.30 bits per heavy atom. The molecule has 0 saturated carbocycles. The number of rotatable bonds is 5. The highest BCUT2D eigenvalue weighted by Gasteiger charge is 2.30. The Labute approximate surface area is 114 Å². The summed E-state index contributed by atoms with van der Waals surface area (Å²) in [5.41, 5.74) is 0.514. The zero-order valence-electron chi connectivity index (χ0n) is 10.6. The monoisotopic (exact) mass is 279 g/mol. The lowest BCUT2D eigenvalue weighted by atomic mass is 10.1. The fourth-order valence-corrected chi connectivity index (χ4v) is 1.90. The van der Waals surface area contributed by atoms with Gasteiger partial charge in [0, 0.05) is 6.54 Å². The number of hydrogen-bond acceptors (Lipinski definition) is 3. The predicted octanol–water partition coefficient (Wildman–Crippen LogP) is 0.0825. The van der Waals surface area contributed by atoms with Crippen molar-refractivity contribution in [2.75, 3.05) is 6.54 Å². The molecule has 0 spiro atoms. The van der Waals surface area contributed by atoms with Crippen LogP contribution in [0, 0.1) is 5.82 Å². The molecule has 1 unspecified atom stereocenters. The average molecular weight is 279 g/mol. The summed E-state index contributed by atoms with van der Waals surface area (Å²) >= 11 is 0. The number of carbonyl (C=O) groups is 3. The van der Waals surface area contributed by atoms with E-state index in [9.17, 15) is 18.8 Å². The first-order valence-electron chi connectivity index (χ1n) is 6.17. The Balaban J connectivity index is 1.75. The maximum atomic E-state index is 13.3. The van der Waals surface area contributed by atoms with Gasteiger partial charge in [-0.05, 0) is 18.1 Å². The molecule has 1 aliphatic heterocycles. The minimum atomic E-state index is -0.837. The molecule has 2 rings (SSSR count). The number of nitrogens with one attached hydrogen (secondary N) is 3. The van der Waals surface area contributed by atoms with Crippen LogP contribution in [0.15, 0.2) is 24.3 Å². The van der Waals surface area contributed by atoms with E-state index in [1.54, 1.807) is 18.2 Å². The lowest BCUT2D eigenvalue weighted by Crippen LogP contribution is -2.36. The van der Waals surface area contributed by atoms with Gasteiger partial charge in [-0.25, -0.2) is 9.18 Å². The SMILES string of the molecule is O=C(CC1NC(=O)NC1=O)NCCc1ccccc1F. The van der Waals surface area contributed by atoms with Crippen LogP contribution in [0.2, 0.25) is 0 Å². The highest BCUT2D eigenvalue weighted by atomic mass is 19.1. The summed E-state index contributed by atoms with van der Waals surface area (Å²) in [6.07, 6.45) is 0.233. The van der Waals surface area contributed by atoms with Gasteiger partial charge in [0.25, 0.3) is 5.91 Å². The first-order valence-corrected chi connectivity index (χ1v) is 6.17. The molecule has 1 aliphatic rings. The molecule has 4 amide bonds. The highest BCUT2D eigenvalue weighted by Crippen LogP contribution is 2.06. The van der Waals surface area contributed by atoms with Gasteiger partial charge in [-0.3, -0.25) is 14.9 Å². The van der Waals surface area contributed by atoms with E-state index in [1.165, 1.54) is 6.07 Å². The van der Waals surface area contributed by atoms with Crippen molar-refractivity contribution in [3.05, 3.63) is 35.6 Å². The number of imide groups is 1. The quantitative estimate of drug-likeness (QED) is 0.667. The summed E-state index contributed by atoms with van der Waals surface area (Å²) in [4.78, 5) is 33.7. The van der Waals surface area contributed by atoms with Crippen LogP contribution in [0.4, 0.5) is 9.18 Å². The van der Waals surface area contributed by atoms with E-state index in [-0.39, 0.29) is 24.7 Å². The molecule has 1 aromatic carbocycles. The predicted molar refractivity (Wildman–Crippen MR) is 68.2 cm³/mol. The molecule has 106 valence electrons. The standard InChI is InChI=1S/C13H14FN3O3/c14-9-4-2-1-3-8(9)5-6-15-11(18)7-10-12(19)17-13(20)16-10/h1-4,10H,5-7H2,(H,15,18)(H2,16,17,19,20). The van der Waals surface area contributed by atoms with Gasteiger partial charge < -0.3 is 10.6 Å². The minimum Gasteiger partial charge on any atom is -0.356 e. The van der Waals surface area contributed by atoms with Crippen molar-refractivity contribution in [1.82, 2.24) is 16.0 Å². The molecule has 7 heteroatoms. The van der Waals surface area contributed by atoms with Crippen LogP contribution in [0.5, 0.6) is 0 Å². The van der Waals surface area contributed by atoms with E-state index in [1.807, 2.05) is 5.32 Å². The van der Waals surface area contributed by atoms with Gasteiger partial charge in [-0.15, -0.1) is 0 Å². The van der Waals surface area contributed by atoms with Crippen LogP contribution in [0.3, 0.4) is 0 Å². The Bertz CT molecular complexity index is 547. The van der Waals surface area contributed by atoms with Crippen LogP contribution in [0.1, 0.15) is 12.0 Å². The van der Waals surface area contributed by atoms with Crippen molar-refractivity contribution >= 4 is 17.8 Å². The zero-order valence-corrected chi connectivity index (χ0v) is 10.6. The molecule has 1 atom stereocenters. The highest BCUT2D eigenvalue weighted by molar-refractivity contribution is 6.05. The fourth-order valence-electron chi connectivity index (χ4n) is 1.90. The summed E-state index contributed by atoms with van der Waals surface area (Å²) in [5.74, 6) is -1.20. The second-order valence-electron chi connectivity index (χ2n) is 4.41. The van der Waals surface area contributed by atoms with E-state index >= 15 is 0 Å². The number of urea groups is 1. The molecular formula is C13H14FN3O3. The van der Waals surface area contributed by atoms with Gasteiger partial charge in [-0.1, -0.05) is 18.2 Å². The van der Waals surface area contributed by atoms with Gasteiger partial charge >= 0.3 is 6.03 Å². The van der Waals surface area contributed by atoms with Crippen molar-refractivity contribution in [2.45, 2.75) is 18.9 Å². The van der Waals surface area contributed by atoms with Crippen molar-refractivity contribution in [3.8, 4) is 0 Å². The van der Waals surface area contributed by atoms with Gasteiger partial charge in [0.2, 0.25) is 5.91 Å². The molecule has 6 nitrogen and oxygen atoms in total. The van der Waals surface area contributed by atoms with Crippen molar-refractivity contribution in [2.24, 2.45) is 0 Å². The molecule has 3 N–H and O–H groups in total. The minimum absolute atomic E-state index is 0.130. The lowest BCUT2D eigenvalue weighted by molar-refractivity contribution is -0.126. The number of amides is 4. The first kappa shape index (κ1) is 14.0. The molecule has 1 fully saturated rings. The van der Waals surface area contributed by atoms with E-state index < -0.39 is 18.0 Å². The normalized spacial score (nSPS) is 17.6. The summed E-state index contributed by atoms with van der Waals surface area (Å²) in [6, 6.07) is 4.88. The van der Waals surface area contributed by atoms with Gasteiger partial charge in [0.15, 0.2) is 0 Å². The molecule has 20 heavy (non-hydrogen) atoms. The van der Waals surface area contributed by atoms with Gasteiger partial charge in [0.05, 0.1) is 6.42 Å². The molecule has 0 aliphatic carbocycles. The average Bonchev–Trinajstić information content (AvgIpc) is 2.70. The fraction of sp³-hybridized carbons (Fsp3) is 0.308. The Morgan fingerprint density at radius 2 is 2.05 bits per heavy atom. The summed E-state index contributed by atoms with van der Waals surface area (Å²) in [5, 5.41) is 6.96. The number of benzene rings is 1.